The van der Waals surface area contributed by atoms with E-state index in [0.717, 1.165) is 16.9 Å². The summed E-state index contributed by atoms with van der Waals surface area (Å²) in [5, 5.41) is 6.87. The number of nitrogens with one attached hydrogen (secondary N) is 1. The number of aromatic nitrogens is 2. The lowest BCUT2D eigenvalue weighted by Gasteiger charge is -2.21. The molecule has 0 aliphatic rings. The highest BCUT2D eigenvalue weighted by Crippen LogP contribution is 2.24. The molecule has 3 rings (SSSR count). The maximum atomic E-state index is 12.6. The lowest BCUT2D eigenvalue weighted by molar-refractivity contribution is -0.133. The van der Waals surface area contributed by atoms with E-state index in [1.807, 2.05) is 73.7 Å². The van der Waals surface area contributed by atoms with E-state index < -0.39 is 5.38 Å². The van der Waals surface area contributed by atoms with Gasteiger partial charge in [-0.3, -0.25) is 9.59 Å². The van der Waals surface area contributed by atoms with E-state index in [4.69, 9.17) is 11.6 Å². The zero-order valence-corrected chi connectivity index (χ0v) is 17.1. The van der Waals surface area contributed by atoms with Crippen molar-refractivity contribution >= 4 is 29.2 Å². The lowest BCUT2D eigenvalue weighted by Crippen LogP contribution is -2.41. The Morgan fingerprint density at radius 1 is 1.10 bits per heavy atom. The third-order valence-electron chi connectivity index (χ3n) is 4.42. The monoisotopic (exact) mass is 410 g/mol. The molecular formula is C22H23ClN4O2. The molecule has 0 radical (unpaired) electrons. The normalized spacial score (nSPS) is 11.7. The van der Waals surface area contributed by atoms with E-state index in [0.29, 0.717) is 12.4 Å². The van der Waals surface area contributed by atoms with Crippen molar-refractivity contribution in [1.29, 1.82) is 0 Å². The predicted octanol–water partition coefficient (Wildman–Crippen LogP) is 3.95. The highest BCUT2D eigenvalue weighted by Gasteiger charge is 2.21. The molecular weight excluding hydrogens is 388 g/mol. The molecule has 1 heterocycles. The van der Waals surface area contributed by atoms with E-state index in [-0.39, 0.29) is 18.4 Å². The van der Waals surface area contributed by atoms with Crippen LogP contribution in [0.1, 0.15) is 13.8 Å². The van der Waals surface area contributed by atoms with Gasteiger partial charge in [0.1, 0.15) is 11.2 Å². The first-order valence-electron chi connectivity index (χ1n) is 9.43. The minimum absolute atomic E-state index is 0.0764. The molecule has 1 N–H and O–H groups in total. The van der Waals surface area contributed by atoms with Crippen molar-refractivity contribution in [2.24, 2.45) is 0 Å². The van der Waals surface area contributed by atoms with E-state index in [2.05, 4.69) is 10.4 Å². The number of benzene rings is 2. The molecule has 1 aromatic heterocycles. The van der Waals surface area contributed by atoms with Gasteiger partial charge in [-0.05, 0) is 26.0 Å². The number of anilines is 1. The highest BCUT2D eigenvalue weighted by atomic mass is 35.5. The number of alkyl halides is 1. The zero-order chi connectivity index (χ0) is 20.8. The largest absolute Gasteiger partial charge is 0.332 e. The Hall–Kier alpha value is -3.12. The topological polar surface area (TPSA) is 67.2 Å². The Bertz CT molecular complexity index is 971. The maximum absolute atomic E-state index is 12.6. The van der Waals surface area contributed by atoms with Crippen LogP contribution in [0.2, 0.25) is 0 Å². The van der Waals surface area contributed by atoms with Gasteiger partial charge < -0.3 is 10.2 Å². The van der Waals surface area contributed by atoms with E-state index >= 15 is 0 Å². The third-order valence-corrected chi connectivity index (χ3v) is 4.60. The number of amides is 2. The van der Waals surface area contributed by atoms with Crippen molar-refractivity contribution in [2.75, 3.05) is 18.4 Å². The molecule has 150 valence electrons. The molecule has 0 bridgehead atoms. The average Bonchev–Trinajstić information content (AvgIpc) is 3.16. The molecule has 1 atom stereocenters. The molecule has 7 heteroatoms. The van der Waals surface area contributed by atoms with Crippen molar-refractivity contribution in [3.05, 3.63) is 66.7 Å². The fraction of sp³-hybridized carbons (Fsp3) is 0.227. The fourth-order valence-corrected chi connectivity index (χ4v) is 3.08. The molecule has 0 aliphatic carbocycles. The van der Waals surface area contributed by atoms with Gasteiger partial charge in [0, 0.05) is 18.2 Å². The van der Waals surface area contributed by atoms with Gasteiger partial charge in [0.25, 0.3) is 0 Å². The van der Waals surface area contributed by atoms with Gasteiger partial charge in [0.15, 0.2) is 0 Å². The van der Waals surface area contributed by atoms with Crippen LogP contribution < -0.4 is 5.32 Å². The first kappa shape index (κ1) is 20.6. The Morgan fingerprint density at radius 3 is 2.31 bits per heavy atom. The Kier molecular flexibility index (Phi) is 6.67. The minimum atomic E-state index is -0.678. The van der Waals surface area contributed by atoms with Gasteiger partial charge in [-0.2, -0.15) is 5.10 Å². The number of carbonyl (C=O) groups is 2. The number of hydrogen-bond donors (Lipinski definition) is 1. The maximum Gasteiger partial charge on any atom is 0.245 e. The summed E-state index contributed by atoms with van der Waals surface area (Å²) in [5.74, 6) is -0.0532. The van der Waals surface area contributed by atoms with Crippen LogP contribution in [0.4, 0.5) is 5.82 Å². The van der Waals surface area contributed by atoms with Crippen LogP contribution in [0.15, 0.2) is 66.7 Å². The van der Waals surface area contributed by atoms with Crippen LogP contribution in [0.3, 0.4) is 0 Å². The van der Waals surface area contributed by atoms with Crippen LogP contribution in [0.25, 0.3) is 16.9 Å². The second-order valence-electron chi connectivity index (χ2n) is 6.54. The van der Waals surface area contributed by atoms with Crippen molar-refractivity contribution in [3.63, 3.8) is 0 Å². The van der Waals surface area contributed by atoms with Crippen LogP contribution in [-0.2, 0) is 9.59 Å². The number of hydrogen-bond acceptors (Lipinski definition) is 3. The molecule has 3 aromatic rings. The van der Waals surface area contributed by atoms with Gasteiger partial charge in [0.2, 0.25) is 11.8 Å². The number of rotatable bonds is 7. The molecule has 29 heavy (non-hydrogen) atoms. The molecule has 0 saturated heterocycles. The number of likely N-dealkylation sites (N-methyl/N-ethyl adjacent to an activating group) is 1. The summed E-state index contributed by atoms with van der Waals surface area (Å²) in [5.41, 5.74) is 2.50. The van der Waals surface area contributed by atoms with Gasteiger partial charge in [-0.1, -0.05) is 48.5 Å². The van der Waals surface area contributed by atoms with Gasteiger partial charge in [0.05, 0.1) is 17.9 Å². The number of nitrogens with zero attached hydrogens (tertiary/aromatic N) is 3. The van der Waals surface area contributed by atoms with E-state index in [9.17, 15) is 9.59 Å². The SMILES string of the molecule is CCN(CC(=O)Nc1cc(-c2ccccc2)nn1-c1ccccc1)C(=O)C(C)Cl. The summed E-state index contributed by atoms with van der Waals surface area (Å²) in [4.78, 5) is 26.2. The molecule has 0 fully saturated rings. The Balaban J connectivity index is 1.88. The van der Waals surface area contributed by atoms with Crippen LogP contribution >= 0.6 is 11.6 Å². The first-order valence-corrected chi connectivity index (χ1v) is 9.87. The van der Waals surface area contributed by atoms with Crippen LogP contribution in [-0.4, -0.2) is 45.0 Å². The van der Waals surface area contributed by atoms with Crippen molar-refractivity contribution in [2.45, 2.75) is 19.2 Å². The summed E-state index contributed by atoms with van der Waals surface area (Å²) in [6.45, 7) is 3.73. The quantitative estimate of drug-likeness (QED) is 0.599. The predicted molar refractivity (Wildman–Crippen MR) is 115 cm³/mol. The molecule has 1 unspecified atom stereocenters. The number of para-hydroxylation sites is 1. The van der Waals surface area contributed by atoms with Gasteiger partial charge >= 0.3 is 0 Å². The van der Waals surface area contributed by atoms with Crippen molar-refractivity contribution in [1.82, 2.24) is 14.7 Å². The Labute approximate surface area is 175 Å². The third kappa shape index (κ3) is 5.03. The Morgan fingerprint density at radius 2 is 1.72 bits per heavy atom. The fourth-order valence-electron chi connectivity index (χ4n) is 2.94. The summed E-state index contributed by atoms with van der Waals surface area (Å²) < 4.78 is 1.68. The first-order chi connectivity index (χ1) is 14.0. The standard InChI is InChI=1S/C22H23ClN4O2/c1-3-26(22(29)16(2)23)15-21(28)24-20-14-19(17-10-6-4-7-11-17)25-27(20)18-12-8-5-9-13-18/h4-14,16H,3,15H2,1-2H3,(H,24,28). The highest BCUT2D eigenvalue weighted by molar-refractivity contribution is 6.30. The molecule has 2 aromatic carbocycles. The number of carbonyl (C=O) groups excluding carboxylic acids is 2. The van der Waals surface area contributed by atoms with Crippen molar-refractivity contribution < 1.29 is 9.59 Å². The van der Waals surface area contributed by atoms with Crippen molar-refractivity contribution in [3.8, 4) is 16.9 Å². The zero-order valence-electron chi connectivity index (χ0n) is 16.4. The molecule has 2 amide bonds. The van der Waals surface area contributed by atoms with Crippen LogP contribution in [0.5, 0.6) is 0 Å². The molecule has 6 nitrogen and oxygen atoms in total. The molecule has 0 spiro atoms. The second-order valence-corrected chi connectivity index (χ2v) is 7.20. The minimum Gasteiger partial charge on any atom is -0.332 e. The second kappa shape index (κ2) is 9.39. The van der Waals surface area contributed by atoms with Crippen LogP contribution in [0, 0.1) is 0 Å². The van der Waals surface area contributed by atoms with Gasteiger partial charge in [-0.25, -0.2) is 4.68 Å². The summed E-state index contributed by atoms with van der Waals surface area (Å²) >= 11 is 5.88. The lowest BCUT2D eigenvalue weighted by atomic mass is 10.1. The van der Waals surface area contributed by atoms with Gasteiger partial charge in [-0.15, -0.1) is 11.6 Å². The number of halogens is 1. The summed E-state index contributed by atoms with van der Waals surface area (Å²) in [7, 11) is 0. The summed E-state index contributed by atoms with van der Waals surface area (Å²) in [6, 6.07) is 21.1. The molecule has 0 saturated carbocycles. The average molecular weight is 411 g/mol. The smallest absolute Gasteiger partial charge is 0.245 e. The van der Waals surface area contributed by atoms with E-state index in [1.54, 1.807) is 11.6 Å². The molecule has 0 aliphatic heterocycles. The van der Waals surface area contributed by atoms with E-state index in [1.165, 1.54) is 4.90 Å². The summed E-state index contributed by atoms with van der Waals surface area (Å²) in [6.07, 6.45) is 0.